The van der Waals surface area contributed by atoms with E-state index >= 15 is 0 Å². The highest BCUT2D eigenvalue weighted by molar-refractivity contribution is 5.99. The van der Waals surface area contributed by atoms with Crippen LogP contribution >= 0.6 is 0 Å². The van der Waals surface area contributed by atoms with Gasteiger partial charge in [0.1, 0.15) is 42.5 Å². The van der Waals surface area contributed by atoms with Crippen LogP contribution in [0.15, 0.2) is 0 Å². The van der Waals surface area contributed by atoms with E-state index in [1.807, 2.05) is 0 Å². The van der Waals surface area contributed by atoms with Gasteiger partial charge >= 0.3 is 5.97 Å². The first kappa shape index (κ1) is 49.4. The topological polar surface area (TPSA) is 393 Å². The van der Waals surface area contributed by atoms with Gasteiger partial charge < -0.3 is 73.7 Å². The SMILES string of the molecule is CC(C)[C@@H](C=O)NC(=O)[C@H](CO)NC(=O)[C@@H](NC(=O)[C@H](CCC(=O)O)NC(=O)[C@@H]1CCCN1C(=O)[C@H](CC(N)=O)NC(=O)[C@@H]1CCCN1C(=O)[C@@H](N)CC(N)=O)[C@@H](C)O. The van der Waals surface area contributed by atoms with Crippen LogP contribution in [-0.2, 0) is 52.7 Å². The van der Waals surface area contributed by atoms with E-state index in [-0.39, 0.29) is 38.3 Å². The van der Waals surface area contributed by atoms with E-state index in [2.05, 4.69) is 26.6 Å². The number of carbonyl (C=O) groups excluding carboxylic acids is 10. The van der Waals surface area contributed by atoms with Crippen molar-refractivity contribution < 1.29 is 68.1 Å². The standard InChI is InChI=1S/C35H56N10O14/c1-16(2)21(14-46)41-30(54)22(15-47)42-33(57)28(17(3)48)43-29(53)19(8-9-27(51)52)39-31(55)24-7-5-11-45(24)35(59)20(13-26(38)50)40-32(56)23-6-4-10-44(23)34(58)18(36)12-25(37)49/h14,16-24,28,47-48H,4-13,15,36H2,1-3H3,(H2,37,49)(H2,38,50)(H,39,55)(H,40,56)(H,41,54)(H,42,57)(H,43,53)(H,51,52)/t17-,18+,19+,20+,21-,22+,23+,24+,28+/m1/s1. The summed E-state index contributed by atoms with van der Waals surface area (Å²) in [7, 11) is 0. The highest BCUT2D eigenvalue weighted by Gasteiger charge is 2.42. The Kier molecular flexibility index (Phi) is 19.3. The second-order valence-electron chi connectivity index (χ2n) is 14.8. The van der Waals surface area contributed by atoms with Gasteiger partial charge in [-0.1, -0.05) is 13.8 Å². The summed E-state index contributed by atoms with van der Waals surface area (Å²) in [5.74, 6) is -10.2. The van der Waals surface area contributed by atoms with Crippen LogP contribution in [0, 0.1) is 5.92 Å². The van der Waals surface area contributed by atoms with E-state index in [0.717, 1.165) is 16.7 Å². The molecule has 14 N–H and O–H groups in total. The fourth-order valence-electron chi connectivity index (χ4n) is 6.53. The summed E-state index contributed by atoms with van der Waals surface area (Å²) in [6, 6.07) is -11.4. The van der Waals surface area contributed by atoms with Crippen molar-refractivity contribution in [3.8, 4) is 0 Å². The summed E-state index contributed by atoms with van der Waals surface area (Å²) in [4.78, 5) is 142. The summed E-state index contributed by atoms with van der Waals surface area (Å²) in [5, 5.41) is 41.0. The molecule has 59 heavy (non-hydrogen) atoms. The maximum Gasteiger partial charge on any atom is 0.303 e. The zero-order chi connectivity index (χ0) is 44.7. The smallest absolute Gasteiger partial charge is 0.303 e. The third-order valence-electron chi connectivity index (χ3n) is 9.77. The Hall–Kier alpha value is -5.75. The van der Waals surface area contributed by atoms with Crippen LogP contribution in [0.25, 0.3) is 0 Å². The number of aliphatic hydroxyl groups excluding tert-OH is 2. The molecule has 2 heterocycles. The Morgan fingerprint density at radius 3 is 1.68 bits per heavy atom. The molecule has 0 spiro atoms. The van der Waals surface area contributed by atoms with E-state index < -0.39 is 146 Å². The molecule has 9 amide bonds. The Labute approximate surface area is 339 Å². The number of carboxylic acids is 1. The molecule has 2 aliphatic heterocycles. The number of amides is 9. The minimum atomic E-state index is -1.81. The Balaban J connectivity index is 2.25. The van der Waals surface area contributed by atoms with Gasteiger partial charge in [0.05, 0.1) is 37.6 Å². The van der Waals surface area contributed by atoms with Crippen molar-refractivity contribution >= 4 is 65.4 Å². The van der Waals surface area contributed by atoms with Gasteiger partial charge in [-0.25, -0.2) is 0 Å². The van der Waals surface area contributed by atoms with Crippen molar-refractivity contribution in [2.24, 2.45) is 23.1 Å². The summed E-state index contributed by atoms with van der Waals surface area (Å²) in [5.41, 5.74) is 16.3. The van der Waals surface area contributed by atoms with Crippen LogP contribution in [-0.4, -0.2) is 165 Å². The minimum absolute atomic E-state index is 0.0236. The van der Waals surface area contributed by atoms with Crippen LogP contribution in [0.4, 0.5) is 0 Å². The number of hydrogen-bond donors (Lipinski definition) is 11. The molecule has 330 valence electrons. The van der Waals surface area contributed by atoms with Gasteiger partial charge in [-0.15, -0.1) is 0 Å². The molecule has 2 saturated heterocycles. The summed E-state index contributed by atoms with van der Waals surface area (Å²) < 4.78 is 0. The molecular formula is C35H56N10O14. The van der Waals surface area contributed by atoms with Gasteiger partial charge in [-0.2, -0.15) is 0 Å². The number of nitrogens with zero attached hydrogens (tertiary/aromatic N) is 2. The number of aliphatic hydroxyl groups is 2. The lowest BCUT2D eigenvalue weighted by Crippen LogP contribution is -2.62. The fourth-order valence-corrected chi connectivity index (χ4v) is 6.53. The number of likely N-dealkylation sites (tertiary alicyclic amines) is 2. The first-order valence-corrected chi connectivity index (χ1v) is 19.0. The maximum absolute atomic E-state index is 13.9. The number of primary amides is 2. The average Bonchev–Trinajstić information content (AvgIpc) is 3.85. The first-order valence-electron chi connectivity index (χ1n) is 19.0. The third-order valence-corrected chi connectivity index (χ3v) is 9.77. The lowest BCUT2D eigenvalue weighted by atomic mass is 10.0. The summed E-state index contributed by atoms with van der Waals surface area (Å²) in [6.45, 7) is 3.49. The second-order valence-corrected chi connectivity index (χ2v) is 14.8. The van der Waals surface area contributed by atoms with Crippen molar-refractivity contribution in [2.45, 2.75) is 127 Å². The molecule has 2 rings (SSSR count). The summed E-state index contributed by atoms with van der Waals surface area (Å²) >= 11 is 0. The van der Waals surface area contributed by atoms with Crippen LogP contribution in [0.1, 0.15) is 72.1 Å². The molecular weight excluding hydrogens is 784 g/mol. The van der Waals surface area contributed by atoms with Crippen LogP contribution in [0.5, 0.6) is 0 Å². The van der Waals surface area contributed by atoms with Crippen molar-refractivity contribution in [3.63, 3.8) is 0 Å². The van der Waals surface area contributed by atoms with Gasteiger partial charge in [-0.3, -0.25) is 47.9 Å². The van der Waals surface area contributed by atoms with Crippen molar-refractivity contribution in [3.05, 3.63) is 0 Å². The molecule has 0 bridgehead atoms. The van der Waals surface area contributed by atoms with Crippen molar-refractivity contribution in [1.29, 1.82) is 0 Å². The zero-order valence-electron chi connectivity index (χ0n) is 33.1. The third kappa shape index (κ3) is 14.5. The average molecular weight is 841 g/mol. The highest BCUT2D eigenvalue weighted by Crippen LogP contribution is 2.22. The van der Waals surface area contributed by atoms with E-state index in [1.54, 1.807) is 13.8 Å². The number of carboxylic acid groups (broad SMARTS) is 1. The number of aliphatic carboxylic acids is 1. The molecule has 0 aliphatic carbocycles. The first-order chi connectivity index (χ1) is 27.6. The minimum Gasteiger partial charge on any atom is -0.481 e. The molecule has 0 radical (unpaired) electrons. The number of aldehydes is 1. The second kappa shape index (κ2) is 23.0. The predicted molar refractivity (Wildman–Crippen MR) is 201 cm³/mol. The molecule has 24 heteroatoms. The number of nitrogens with two attached hydrogens (primary N) is 3. The predicted octanol–water partition coefficient (Wildman–Crippen LogP) is -6.44. The maximum atomic E-state index is 13.9. The molecule has 2 aliphatic rings. The molecule has 9 atom stereocenters. The van der Waals surface area contributed by atoms with Crippen molar-refractivity contribution in [1.82, 2.24) is 36.4 Å². The van der Waals surface area contributed by atoms with Crippen molar-refractivity contribution in [2.75, 3.05) is 19.7 Å². The van der Waals surface area contributed by atoms with E-state index in [4.69, 9.17) is 17.2 Å². The van der Waals surface area contributed by atoms with Gasteiger partial charge in [0.15, 0.2) is 0 Å². The van der Waals surface area contributed by atoms with Gasteiger partial charge in [0.25, 0.3) is 0 Å². The van der Waals surface area contributed by atoms with Gasteiger partial charge in [-0.05, 0) is 44.9 Å². The molecule has 0 aromatic heterocycles. The lowest BCUT2D eigenvalue weighted by molar-refractivity contribution is -0.145. The molecule has 0 saturated carbocycles. The van der Waals surface area contributed by atoms with E-state index in [9.17, 15) is 68.1 Å². The quantitative estimate of drug-likeness (QED) is 0.0426. The van der Waals surface area contributed by atoms with Gasteiger partial charge in [0, 0.05) is 19.5 Å². The number of carbonyl (C=O) groups is 11. The molecule has 0 aromatic rings. The monoisotopic (exact) mass is 840 g/mol. The van der Waals surface area contributed by atoms with E-state index in [0.29, 0.717) is 12.7 Å². The number of hydrogen-bond acceptors (Lipinski definition) is 14. The molecule has 0 unspecified atom stereocenters. The Bertz CT molecular complexity index is 1610. The highest BCUT2D eigenvalue weighted by atomic mass is 16.4. The normalized spacial score (nSPS) is 19.8. The van der Waals surface area contributed by atoms with Crippen LogP contribution in [0.3, 0.4) is 0 Å². The molecule has 0 aromatic carbocycles. The zero-order valence-corrected chi connectivity index (χ0v) is 33.1. The molecule has 24 nitrogen and oxygen atoms in total. The number of rotatable bonds is 23. The van der Waals surface area contributed by atoms with Crippen LogP contribution < -0.4 is 43.8 Å². The van der Waals surface area contributed by atoms with E-state index in [1.165, 1.54) is 0 Å². The lowest BCUT2D eigenvalue weighted by Gasteiger charge is -2.31. The Morgan fingerprint density at radius 2 is 1.22 bits per heavy atom. The summed E-state index contributed by atoms with van der Waals surface area (Å²) in [6.07, 6.45) is -2.78. The fraction of sp³-hybridized carbons (Fsp3) is 0.686. The Morgan fingerprint density at radius 1 is 0.712 bits per heavy atom. The molecule has 2 fully saturated rings. The van der Waals surface area contributed by atoms with Gasteiger partial charge in [0.2, 0.25) is 53.2 Å². The van der Waals surface area contributed by atoms with Crippen LogP contribution in [0.2, 0.25) is 0 Å². The number of nitrogens with one attached hydrogen (secondary N) is 5. The largest absolute Gasteiger partial charge is 0.481 e.